The summed E-state index contributed by atoms with van der Waals surface area (Å²) in [6.07, 6.45) is 4.02. The first-order chi connectivity index (χ1) is 11.2. The topological polar surface area (TPSA) is 58.6 Å². The molecule has 0 bridgehead atoms. The molecule has 2 saturated heterocycles. The van der Waals surface area contributed by atoms with E-state index in [2.05, 4.69) is 5.32 Å². The van der Waals surface area contributed by atoms with E-state index in [-0.39, 0.29) is 29.2 Å². The molecule has 1 aromatic rings. The molecule has 122 valence electrons. The van der Waals surface area contributed by atoms with Crippen molar-refractivity contribution in [3.63, 3.8) is 0 Å². The van der Waals surface area contributed by atoms with Gasteiger partial charge >= 0.3 is 0 Å². The maximum absolute atomic E-state index is 13.0. The van der Waals surface area contributed by atoms with Crippen LogP contribution in [0.1, 0.15) is 36.0 Å². The van der Waals surface area contributed by atoms with Crippen LogP contribution < -0.4 is 10.1 Å². The van der Waals surface area contributed by atoms with Crippen LogP contribution in [0, 0.1) is 11.3 Å². The van der Waals surface area contributed by atoms with Gasteiger partial charge < -0.3 is 15.0 Å². The third kappa shape index (κ3) is 1.98. The predicted molar refractivity (Wildman–Crippen MR) is 85.2 cm³/mol. The molecule has 5 nitrogen and oxygen atoms in total. The van der Waals surface area contributed by atoms with Crippen LogP contribution in [-0.4, -0.2) is 43.0 Å². The van der Waals surface area contributed by atoms with E-state index in [4.69, 9.17) is 4.74 Å². The third-order valence-corrected chi connectivity index (χ3v) is 5.94. The van der Waals surface area contributed by atoms with E-state index in [9.17, 15) is 9.59 Å². The average Bonchev–Trinajstić information content (AvgIpc) is 3.08. The molecule has 3 fully saturated rings. The molecule has 1 spiro atoms. The number of ether oxygens (including phenoxy) is 1. The van der Waals surface area contributed by atoms with Gasteiger partial charge in [0.1, 0.15) is 5.75 Å². The first kappa shape index (κ1) is 14.5. The molecule has 5 heteroatoms. The summed E-state index contributed by atoms with van der Waals surface area (Å²) in [5.41, 5.74) is 0.303. The molecule has 3 atom stereocenters. The fraction of sp³-hybridized carbons (Fsp3) is 0.556. The van der Waals surface area contributed by atoms with E-state index in [1.165, 1.54) is 0 Å². The van der Waals surface area contributed by atoms with E-state index >= 15 is 0 Å². The Labute approximate surface area is 136 Å². The lowest BCUT2D eigenvalue weighted by Gasteiger charge is -2.39. The minimum Gasteiger partial charge on any atom is -0.497 e. The maximum atomic E-state index is 13.0. The number of likely N-dealkylation sites (tertiary alicyclic amines) is 1. The Kier molecular flexibility index (Phi) is 3.32. The molecule has 2 heterocycles. The van der Waals surface area contributed by atoms with E-state index in [0.717, 1.165) is 25.7 Å². The summed E-state index contributed by atoms with van der Waals surface area (Å²) in [6.45, 7) is 1.39. The van der Waals surface area contributed by atoms with Gasteiger partial charge in [-0.1, -0.05) is 18.9 Å². The summed E-state index contributed by atoms with van der Waals surface area (Å²) in [4.78, 5) is 27.5. The van der Waals surface area contributed by atoms with Crippen molar-refractivity contribution in [2.75, 3.05) is 20.2 Å². The molecular formula is C18H22N2O3. The quantitative estimate of drug-likeness (QED) is 0.906. The Balaban J connectivity index is 1.67. The van der Waals surface area contributed by atoms with E-state index in [0.29, 0.717) is 24.4 Å². The van der Waals surface area contributed by atoms with Gasteiger partial charge in [-0.25, -0.2) is 0 Å². The third-order valence-electron chi connectivity index (χ3n) is 5.94. The molecule has 2 aliphatic heterocycles. The minimum absolute atomic E-state index is 0.0253. The number of rotatable bonds is 2. The van der Waals surface area contributed by atoms with Crippen molar-refractivity contribution >= 4 is 11.8 Å². The van der Waals surface area contributed by atoms with E-state index in [1.807, 2.05) is 23.1 Å². The summed E-state index contributed by atoms with van der Waals surface area (Å²) in [5.74, 6) is 1.13. The molecule has 0 radical (unpaired) electrons. The van der Waals surface area contributed by atoms with E-state index in [1.54, 1.807) is 13.2 Å². The molecule has 2 amide bonds. The summed E-state index contributed by atoms with van der Waals surface area (Å²) >= 11 is 0. The predicted octanol–water partition coefficient (Wildman–Crippen LogP) is 1.83. The van der Waals surface area contributed by atoms with Gasteiger partial charge in [0.05, 0.1) is 12.5 Å². The van der Waals surface area contributed by atoms with Gasteiger partial charge in [0, 0.05) is 30.6 Å². The van der Waals surface area contributed by atoms with Crippen molar-refractivity contribution in [2.24, 2.45) is 11.3 Å². The number of methoxy groups -OCH3 is 1. The normalized spacial score (nSPS) is 32.2. The summed E-state index contributed by atoms with van der Waals surface area (Å²) < 4.78 is 5.23. The number of carbonyl (C=O) groups excluding carboxylic acids is 2. The number of carbonyl (C=O) groups is 2. The average molecular weight is 314 g/mol. The molecular weight excluding hydrogens is 292 g/mol. The molecule has 0 aromatic heterocycles. The number of benzene rings is 1. The SMILES string of the molecule is COc1cccc(C(=O)N2C[C@H]3CNC(=O)[C@]34CCCC[C@@H]24)c1. The van der Waals surface area contributed by atoms with Crippen molar-refractivity contribution in [3.05, 3.63) is 29.8 Å². The highest BCUT2D eigenvalue weighted by molar-refractivity contribution is 5.97. The van der Waals surface area contributed by atoms with Crippen LogP contribution in [0.25, 0.3) is 0 Å². The fourth-order valence-electron chi connectivity index (χ4n) is 4.84. The van der Waals surface area contributed by atoms with Crippen molar-refractivity contribution in [2.45, 2.75) is 31.7 Å². The summed E-state index contributed by atoms with van der Waals surface area (Å²) in [5, 5.41) is 3.03. The van der Waals surface area contributed by atoms with Gasteiger partial charge in [-0.2, -0.15) is 0 Å². The molecule has 1 N–H and O–H groups in total. The van der Waals surface area contributed by atoms with Gasteiger partial charge in [-0.15, -0.1) is 0 Å². The van der Waals surface area contributed by atoms with Crippen molar-refractivity contribution < 1.29 is 14.3 Å². The van der Waals surface area contributed by atoms with Gasteiger partial charge in [-0.05, 0) is 31.0 Å². The first-order valence-electron chi connectivity index (χ1n) is 8.40. The lowest BCUT2D eigenvalue weighted by atomic mass is 9.67. The Morgan fingerprint density at radius 3 is 3.09 bits per heavy atom. The zero-order valence-electron chi connectivity index (χ0n) is 13.4. The van der Waals surface area contributed by atoms with Crippen LogP contribution >= 0.6 is 0 Å². The standard InChI is InChI=1S/C18H22N2O3/c1-23-14-6-4-5-12(9-14)16(21)20-11-13-10-19-17(22)18(13)8-3-2-7-15(18)20/h4-6,9,13,15H,2-3,7-8,10-11H2,1H3,(H,19,22)/t13-,15-,18-/m1/s1. The second kappa shape index (κ2) is 5.25. The van der Waals surface area contributed by atoms with Gasteiger partial charge in [-0.3, -0.25) is 9.59 Å². The Hall–Kier alpha value is -2.04. The Morgan fingerprint density at radius 2 is 2.26 bits per heavy atom. The molecule has 1 aliphatic carbocycles. The molecule has 0 unspecified atom stereocenters. The minimum atomic E-state index is -0.340. The van der Waals surface area contributed by atoms with Crippen LogP contribution in [0.4, 0.5) is 0 Å². The largest absolute Gasteiger partial charge is 0.497 e. The highest BCUT2D eigenvalue weighted by Crippen LogP contribution is 2.53. The van der Waals surface area contributed by atoms with Crippen molar-refractivity contribution in [1.29, 1.82) is 0 Å². The van der Waals surface area contributed by atoms with Crippen LogP contribution in [0.15, 0.2) is 24.3 Å². The maximum Gasteiger partial charge on any atom is 0.254 e. The van der Waals surface area contributed by atoms with Gasteiger partial charge in [0.15, 0.2) is 0 Å². The number of hydrogen-bond donors (Lipinski definition) is 1. The van der Waals surface area contributed by atoms with Crippen LogP contribution in [0.3, 0.4) is 0 Å². The molecule has 3 aliphatic rings. The summed E-state index contributed by atoms with van der Waals surface area (Å²) in [7, 11) is 1.60. The molecule has 1 saturated carbocycles. The molecule has 23 heavy (non-hydrogen) atoms. The zero-order chi connectivity index (χ0) is 16.0. The lowest BCUT2D eigenvalue weighted by molar-refractivity contribution is -0.131. The second-order valence-corrected chi connectivity index (χ2v) is 6.90. The van der Waals surface area contributed by atoms with Crippen LogP contribution in [-0.2, 0) is 4.79 Å². The fourth-order valence-corrected chi connectivity index (χ4v) is 4.84. The lowest BCUT2D eigenvalue weighted by Crippen LogP contribution is -2.50. The van der Waals surface area contributed by atoms with Gasteiger partial charge in [0.2, 0.25) is 5.91 Å². The van der Waals surface area contributed by atoms with E-state index < -0.39 is 0 Å². The monoisotopic (exact) mass is 314 g/mol. The smallest absolute Gasteiger partial charge is 0.254 e. The highest BCUT2D eigenvalue weighted by atomic mass is 16.5. The highest BCUT2D eigenvalue weighted by Gasteiger charge is 2.63. The molecule has 4 rings (SSSR count). The summed E-state index contributed by atoms with van der Waals surface area (Å²) in [6, 6.07) is 7.33. The second-order valence-electron chi connectivity index (χ2n) is 6.90. The van der Waals surface area contributed by atoms with Crippen molar-refractivity contribution in [1.82, 2.24) is 10.2 Å². The number of nitrogens with one attached hydrogen (secondary N) is 1. The van der Waals surface area contributed by atoms with Crippen LogP contribution in [0.5, 0.6) is 5.75 Å². The Bertz CT molecular complexity index is 659. The first-order valence-corrected chi connectivity index (χ1v) is 8.40. The number of amides is 2. The number of nitrogens with zero attached hydrogens (tertiary/aromatic N) is 1. The number of hydrogen-bond acceptors (Lipinski definition) is 3. The van der Waals surface area contributed by atoms with Gasteiger partial charge in [0.25, 0.3) is 5.91 Å². The zero-order valence-corrected chi connectivity index (χ0v) is 13.4. The molecule has 1 aromatic carbocycles. The Morgan fingerprint density at radius 1 is 1.39 bits per heavy atom. The van der Waals surface area contributed by atoms with Crippen molar-refractivity contribution in [3.8, 4) is 5.75 Å². The van der Waals surface area contributed by atoms with Crippen LogP contribution in [0.2, 0.25) is 0 Å².